The summed E-state index contributed by atoms with van der Waals surface area (Å²) in [5.41, 5.74) is 6.29. The Bertz CT molecular complexity index is 1170. The summed E-state index contributed by atoms with van der Waals surface area (Å²) < 4.78 is 5.49. The highest BCUT2D eigenvalue weighted by atomic mass is 16.5. The molecule has 3 rings (SSSR count). The lowest BCUT2D eigenvalue weighted by Crippen LogP contribution is -2.32. The van der Waals surface area contributed by atoms with Crippen LogP contribution in [0.2, 0.25) is 0 Å². The zero-order valence-electron chi connectivity index (χ0n) is 19.0. The summed E-state index contributed by atoms with van der Waals surface area (Å²) in [5.74, 6) is -1.45. The van der Waals surface area contributed by atoms with Crippen molar-refractivity contribution in [1.29, 1.82) is 0 Å². The number of amides is 3. The van der Waals surface area contributed by atoms with Gasteiger partial charge in [0.1, 0.15) is 5.75 Å². The molecule has 0 atom stereocenters. The number of hydrogen-bond acceptors (Lipinski definition) is 5. The van der Waals surface area contributed by atoms with Crippen molar-refractivity contribution >= 4 is 35.3 Å². The summed E-state index contributed by atoms with van der Waals surface area (Å²) in [6, 6.07) is 21.5. The second-order valence-corrected chi connectivity index (χ2v) is 7.48. The molecule has 0 heterocycles. The normalized spacial score (nSPS) is 10.5. The Morgan fingerprint density at radius 3 is 2.29 bits per heavy atom. The predicted octanol–water partition coefficient (Wildman–Crippen LogP) is 3.66. The molecule has 0 saturated heterocycles. The van der Waals surface area contributed by atoms with Crippen LogP contribution in [0.15, 0.2) is 77.9 Å². The highest BCUT2D eigenvalue weighted by Crippen LogP contribution is 2.13. The second kappa shape index (κ2) is 12.0. The molecule has 0 aliphatic heterocycles. The lowest BCUT2D eigenvalue weighted by molar-refractivity contribution is -0.136. The lowest BCUT2D eigenvalue weighted by atomic mass is 10.1. The Morgan fingerprint density at radius 2 is 1.62 bits per heavy atom. The van der Waals surface area contributed by atoms with Gasteiger partial charge in [0, 0.05) is 11.4 Å². The van der Waals surface area contributed by atoms with E-state index >= 15 is 0 Å². The van der Waals surface area contributed by atoms with E-state index in [1.807, 2.05) is 50.2 Å². The smallest absolute Gasteiger partial charge is 0.329 e. The Morgan fingerprint density at radius 1 is 0.882 bits per heavy atom. The third-order valence-corrected chi connectivity index (χ3v) is 4.76. The average molecular weight is 459 g/mol. The van der Waals surface area contributed by atoms with Crippen LogP contribution in [-0.2, 0) is 20.8 Å². The fraction of sp³-hybridized carbons (Fsp3) is 0.154. The minimum atomic E-state index is -0.879. The molecule has 3 N–H and O–H groups in total. The third-order valence-electron chi connectivity index (χ3n) is 4.76. The van der Waals surface area contributed by atoms with Gasteiger partial charge in [-0.1, -0.05) is 31.2 Å². The van der Waals surface area contributed by atoms with Crippen molar-refractivity contribution in [2.45, 2.75) is 20.3 Å². The molecule has 8 heteroatoms. The van der Waals surface area contributed by atoms with E-state index in [-0.39, 0.29) is 12.5 Å². The van der Waals surface area contributed by atoms with Crippen molar-refractivity contribution in [3.05, 3.63) is 89.5 Å². The molecule has 34 heavy (non-hydrogen) atoms. The van der Waals surface area contributed by atoms with Crippen molar-refractivity contribution in [2.24, 2.45) is 5.10 Å². The van der Waals surface area contributed by atoms with Gasteiger partial charge in [0.2, 0.25) is 0 Å². The van der Waals surface area contributed by atoms with Crippen LogP contribution in [0.25, 0.3) is 0 Å². The summed E-state index contributed by atoms with van der Waals surface area (Å²) >= 11 is 0. The summed E-state index contributed by atoms with van der Waals surface area (Å²) in [6.07, 6.45) is 2.29. The van der Waals surface area contributed by atoms with Crippen molar-refractivity contribution in [3.8, 4) is 5.75 Å². The monoisotopic (exact) mass is 458 g/mol. The summed E-state index contributed by atoms with van der Waals surface area (Å²) in [6.45, 7) is 3.85. The molecule has 3 aromatic rings. The maximum atomic E-state index is 12.0. The summed E-state index contributed by atoms with van der Waals surface area (Å²) in [7, 11) is 0. The maximum Gasteiger partial charge on any atom is 0.329 e. The number of aryl methyl sites for hydroxylation is 2. The van der Waals surface area contributed by atoms with Crippen LogP contribution in [0, 0.1) is 6.92 Å². The topological polar surface area (TPSA) is 109 Å². The van der Waals surface area contributed by atoms with Crippen LogP contribution < -0.4 is 20.8 Å². The van der Waals surface area contributed by atoms with Crippen molar-refractivity contribution in [1.82, 2.24) is 5.43 Å². The lowest BCUT2D eigenvalue weighted by Gasteiger charge is -2.08. The Labute approximate surface area is 198 Å². The number of nitrogens with zero attached hydrogens (tertiary/aromatic N) is 1. The highest BCUT2D eigenvalue weighted by Gasteiger charge is 2.12. The van der Waals surface area contributed by atoms with E-state index in [9.17, 15) is 14.4 Å². The molecule has 0 fully saturated rings. The fourth-order valence-electron chi connectivity index (χ4n) is 2.95. The molecule has 0 aliphatic carbocycles. The Balaban J connectivity index is 1.42. The molecule has 0 saturated carbocycles. The SMILES string of the molecule is CCc1ccc(NC(=O)C(=O)N/N=C\c2ccc(OCC(=O)Nc3cccc(C)c3)cc2)cc1. The van der Waals surface area contributed by atoms with Gasteiger partial charge in [0.15, 0.2) is 6.61 Å². The largest absolute Gasteiger partial charge is 0.484 e. The van der Waals surface area contributed by atoms with Crippen LogP contribution in [0.1, 0.15) is 23.6 Å². The van der Waals surface area contributed by atoms with Gasteiger partial charge in [-0.25, -0.2) is 5.43 Å². The standard InChI is InChI=1S/C26H26N4O4/c1-3-19-7-11-21(12-8-19)29-25(32)26(33)30-27-16-20-9-13-23(14-10-20)34-17-24(31)28-22-6-4-5-18(2)15-22/h4-16H,3,17H2,1-2H3,(H,28,31)(H,29,32)(H,30,33)/b27-16-. The predicted molar refractivity (Wildman–Crippen MR) is 132 cm³/mol. The third kappa shape index (κ3) is 7.59. The van der Waals surface area contributed by atoms with E-state index in [0.29, 0.717) is 22.7 Å². The number of rotatable bonds is 8. The van der Waals surface area contributed by atoms with E-state index in [0.717, 1.165) is 17.5 Å². The van der Waals surface area contributed by atoms with Crippen LogP contribution >= 0.6 is 0 Å². The molecule has 174 valence electrons. The number of benzene rings is 3. The number of hydrazone groups is 1. The fourth-order valence-corrected chi connectivity index (χ4v) is 2.95. The van der Waals surface area contributed by atoms with Crippen LogP contribution in [0.4, 0.5) is 11.4 Å². The van der Waals surface area contributed by atoms with E-state index in [1.54, 1.807) is 36.4 Å². The molecule has 0 radical (unpaired) electrons. The molecule has 0 aromatic heterocycles. The van der Waals surface area contributed by atoms with E-state index in [4.69, 9.17) is 4.74 Å². The molecule has 3 amide bonds. The van der Waals surface area contributed by atoms with Gasteiger partial charge in [-0.15, -0.1) is 0 Å². The quantitative estimate of drug-likeness (QED) is 0.272. The van der Waals surface area contributed by atoms with E-state index in [2.05, 4.69) is 21.2 Å². The first-order valence-corrected chi connectivity index (χ1v) is 10.8. The Kier molecular flexibility index (Phi) is 8.51. The number of ether oxygens (including phenoxy) is 1. The molecular weight excluding hydrogens is 432 g/mol. The first-order chi connectivity index (χ1) is 16.4. The van der Waals surface area contributed by atoms with Crippen LogP contribution in [0.5, 0.6) is 5.75 Å². The number of nitrogens with one attached hydrogen (secondary N) is 3. The zero-order chi connectivity index (χ0) is 24.3. The Hall–Kier alpha value is -4.46. The maximum absolute atomic E-state index is 12.0. The number of carbonyl (C=O) groups excluding carboxylic acids is 3. The van der Waals surface area contributed by atoms with E-state index < -0.39 is 11.8 Å². The van der Waals surface area contributed by atoms with Crippen molar-refractivity contribution in [3.63, 3.8) is 0 Å². The van der Waals surface area contributed by atoms with Gasteiger partial charge < -0.3 is 15.4 Å². The highest BCUT2D eigenvalue weighted by molar-refractivity contribution is 6.39. The number of anilines is 2. The average Bonchev–Trinajstić information content (AvgIpc) is 2.84. The summed E-state index contributed by atoms with van der Waals surface area (Å²) in [4.78, 5) is 35.9. The van der Waals surface area contributed by atoms with Gasteiger partial charge in [-0.2, -0.15) is 5.10 Å². The van der Waals surface area contributed by atoms with Gasteiger partial charge in [0.05, 0.1) is 6.21 Å². The van der Waals surface area contributed by atoms with E-state index in [1.165, 1.54) is 6.21 Å². The van der Waals surface area contributed by atoms with Gasteiger partial charge in [0.25, 0.3) is 5.91 Å². The number of carbonyl (C=O) groups is 3. The minimum Gasteiger partial charge on any atom is -0.484 e. The zero-order valence-corrected chi connectivity index (χ0v) is 19.0. The second-order valence-electron chi connectivity index (χ2n) is 7.48. The molecule has 3 aromatic carbocycles. The molecule has 0 bridgehead atoms. The van der Waals surface area contributed by atoms with Crippen LogP contribution in [0.3, 0.4) is 0 Å². The van der Waals surface area contributed by atoms with Gasteiger partial charge >= 0.3 is 11.8 Å². The van der Waals surface area contributed by atoms with Crippen molar-refractivity contribution in [2.75, 3.05) is 17.2 Å². The molecule has 0 spiro atoms. The van der Waals surface area contributed by atoms with Gasteiger partial charge in [-0.3, -0.25) is 14.4 Å². The minimum absolute atomic E-state index is 0.131. The van der Waals surface area contributed by atoms with Gasteiger partial charge in [-0.05, 0) is 78.6 Å². The molecule has 8 nitrogen and oxygen atoms in total. The summed E-state index contributed by atoms with van der Waals surface area (Å²) in [5, 5.41) is 9.09. The number of hydrogen-bond donors (Lipinski definition) is 3. The molecule has 0 aliphatic rings. The first kappa shape index (κ1) is 24.2. The van der Waals surface area contributed by atoms with Crippen LogP contribution in [-0.4, -0.2) is 30.5 Å². The molecular formula is C26H26N4O4. The molecule has 0 unspecified atom stereocenters. The first-order valence-electron chi connectivity index (χ1n) is 10.8. The van der Waals surface area contributed by atoms with Crippen molar-refractivity contribution < 1.29 is 19.1 Å².